The quantitative estimate of drug-likeness (QED) is 0.575. The van der Waals surface area contributed by atoms with Gasteiger partial charge in [-0.2, -0.15) is 0 Å². The smallest absolute Gasteiger partial charge is 0.277 e. The normalized spacial score (nSPS) is 12.6. The molecule has 0 bridgehead atoms. The molecule has 2 heterocycles. The van der Waals surface area contributed by atoms with E-state index in [9.17, 15) is 4.79 Å². The zero-order valence-corrected chi connectivity index (χ0v) is 17.6. The third-order valence-corrected chi connectivity index (χ3v) is 5.19. The molecule has 0 fully saturated rings. The van der Waals surface area contributed by atoms with Crippen molar-refractivity contribution in [3.63, 3.8) is 0 Å². The molecular weight excluding hydrogens is 396 g/mol. The minimum absolute atomic E-state index is 0.0795. The van der Waals surface area contributed by atoms with Gasteiger partial charge in [-0.3, -0.25) is 4.79 Å². The minimum Gasteiger partial charge on any atom is -0.411 e. The highest BCUT2D eigenvalue weighted by Gasteiger charge is 2.20. The van der Waals surface area contributed by atoms with Crippen LogP contribution in [0.25, 0.3) is 11.5 Å². The van der Waals surface area contributed by atoms with Crippen molar-refractivity contribution >= 4 is 35.1 Å². The molecule has 0 saturated carbocycles. The summed E-state index contributed by atoms with van der Waals surface area (Å²) >= 11 is 6.99. The molecule has 8 heteroatoms. The highest BCUT2D eigenvalue weighted by molar-refractivity contribution is 8.00. The molecule has 3 aromatic rings. The van der Waals surface area contributed by atoms with Gasteiger partial charge in [-0.15, -0.1) is 10.2 Å². The Morgan fingerprint density at radius 3 is 2.46 bits per heavy atom. The molecule has 146 valence electrons. The monoisotopic (exact) mass is 416 g/mol. The van der Waals surface area contributed by atoms with Gasteiger partial charge in [-0.25, -0.2) is 4.98 Å². The van der Waals surface area contributed by atoms with Crippen LogP contribution >= 0.6 is 23.4 Å². The Bertz CT molecular complexity index is 950. The number of carbonyl (C=O) groups is 1. The fraction of sp³-hybridized carbons (Fsp3) is 0.300. The van der Waals surface area contributed by atoms with Crippen molar-refractivity contribution < 1.29 is 9.21 Å². The number of hydrogen-bond donors (Lipinski definition) is 1. The first-order valence-corrected chi connectivity index (χ1v) is 10.0. The molecule has 0 spiro atoms. The van der Waals surface area contributed by atoms with Crippen LogP contribution in [0.2, 0.25) is 5.02 Å². The number of rotatable bonds is 5. The second kappa shape index (κ2) is 8.32. The molecular formula is C20H21ClN4O2S. The molecule has 0 saturated heterocycles. The fourth-order valence-electron chi connectivity index (χ4n) is 2.37. The second-order valence-corrected chi connectivity index (χ2v) is 9.04. The first kappa shape index (κ1) is 20.4. The molecule has 2 aromatic heterocycles. The average Bonchev–Trinajstić information content (AvgIpc) is 3.11. The van der Waals surface area contributed by atoms with Crippen LogP contribution in [0.3, 0.4) is 0 Å². The zero-order valence-electron chi connectivity index (χ0n) is 16.1. The summed E-state index contributed by atoms with van der Waals surface area (Å²) in [5.74, 6) is 0.649. The molecule has 0 aliphatic heterocycles. The van der Waals surface area contributed by atoms with Gasteiger partial charge in [-0.05, 0) is 42.2 Å². The summed E-state index contributed by atoms with van der Waals surface area (Å²) in [6.07, 6.45) is 1.48. The molecule has 3 rings (SSSR count). The lowest BCUT2D eigenvalue weighted by atomic mass is 9.87. The first-order valence-electron chi connectivity index (χ1n) is 8.76. The predicted octanol–water partition coefficient (Wildman–Crippen LogP) is 5.20. The topological polar surface area (TPSA) is 80.9 Å². The largest absolute Gasteiger partial charge is 0.411 e. The number of pyridine rings is 1. The Kier molecular flexibility index (Phi) is 6.05. The number of aromatic nitrogens is 3. The molecule has 0 aliphatic rings. The number of halogens is 1. The zero-order chi connectivity index (χ0) is 20.3. The van der Waals surface area contributed by atoms with E-state index in [1.807, 2.05) is 12.1 Å². The lowest BCUT2D eigenvalue weighted by Gasteiger charge is -2.18. The summed E-state index contributed by atoms with van der Waals surface area (Å²) < 4.78 is 5.71. The molecule has 6 nitrogen and oxygen atoms in total. The van der Waals surface area contributed by atoms with Gasteiger partial charge in [0.25, 0.3) is 5.22 Å². The third-order valence-electron chi connectivity index (χ3n) is 4.03. The van der Waals surface area contributed by atoms with E-state index in [1.54, 1.807) is 19.1 Å². The van der Waals surface area contributed by atoms with Crippen LogP contribution in [0.4, 0.5) is 5.82 Å². The van der Waals surface area contributed by atoms with Crippen molar-refractivity contribution in [2.45, 2.75) is 43.6 Å². The van der Waals surface area contributed by atoms with Crippen LogP contribution in [-0.4, -0.2) is 26.3 Å². The van der Waals surface area contributed by atoms with Gasteiger partial charge in [0.1, 0.15) is 5.82 Å². The van der Waals surface area contributed by atoms with E-state index in [-0.39, 0.29) is 11.3 Å². The van der Waals surface area contributed by atoms with E-state index in [0.29, 0.717) is 22.0 Å². The van der Waals surface area contributed by atoms with E-state index < -0.39 is 5.25 Å². The highest BCUT2D eigenvalue weighted by atomic mass is 35.5. The third kappa shape index (κ3) is 5.11. The van der Waals surface area contributed by atoms with Crippen molar-refractivity contribution in [2.24, 2.45) is 0 Å². The summed E-state index contributed by atoms with van der Waals surface area (Å²) in [5.41, 5.74) is 2.15. The molecule has 1 N–H and O–H groups in total. The van der Waals surface area contributed by atoms with Crippen molar-refractivity contribution in [3.8, 4) is 11.5 Å². The van der Waals surface area contributed by atoms with Gasteiger partial charge >= 0.3 is 0 Å². The maximum absolute atomic E-state index is 12.3. The molecule has 1 atom stereocenters. The highest BCUT2D eigenvalue weighted by Crippen LogP contribution is 2.29. The number of nitrogens with one attached hydrogen (secondary N) is 1. The van der Waals surface area contributed by atoms with E-state index in [2.05, 4.69) is 53.4 Å². The van der Waals surface area contributed by atoms with Crippen LogP contribution in [-0.2, 0) is 10.2 Å². The Morgan fingerprint density at radius 2 is 1.86 bits per heavy atom. The Morgan fingerprint density at radius 1 is 1.14 bits per heavy atom. The molecule has 1 amide bonds. The van der Waals surface area contributed by atoms with Crippen LogP contribution in [0, 0.1) is 0 Å². The number of amides is 1. The maximum atomic E-state index is 12.3. The average molecular weight is 417 g/mol. The van der Waals surface area contributed by atoms with Crippen molar-refractivity contribution in [3.05, 3.63) is 53.2 Å². The van der Waals surface area contributed by atoms with Gasteiger partial charge in [0.2, 0.25) is 11.8 Å². The van der Waals surface area contributed by atoms with Crippen LogP contribution < -0.4 is 5.32 Å². The van der Waals surface area contributed by atoms with Crippen LogP contribution in [0.5, 0.6) is 0 Å². The first-order chi connectivity index (χ1) is 13.2. The summed E-state index contributed by atoms with van der Waals surface area (Å²) in [6, 6.07) is 11.3. The lowest BCUT2D eigenvalue weighted by Crippen LogP contribution is -2.22. The summed E-state index contributed by atoms with van der Waals surface area (Å²) in [7, 11) is 0. The van der Waals surface area contributed by atoms with Crippen LogP contribution in [0.1, 0.15) is 33.3 Å². The number of hydrogen-bond acceptors (Lipinski definition) is 6. The number of thioether (sulfide) groups is 1. The summed E-state index contributed by atoms with van der Waals surface area (Å²) in [6.45, 7) is 8.25. The molecule has 0 unspecified atom stereocenters. The number of carbonyl (C=O) groups excluding carboxylic acids is 1. The summed E-state index contributed by atoms with van der Waals surface area (Å²) in [5, 5.41) is 11.3. The Labute approximate surface area is 173 Å². The SMILES string of the molecule is C[C@H](Sc1nnc(-c2ccc(C(C)(C)C)cc2)o1)C(=O)Nc1ccc(Cl)cn1. The van der Waals surface area contributed by atoms with Gasteiger partial charge < -0.3 is 9.73 Å². The predicted molar refractivity (Wildman–Crippen MR) is 112 cm³/mol. The lowest BCUT2D eigenvalue weighted by molar-refractivity contribution is -0.115. The summed E-state index contributed by atoms with van der Waals surface area (Å²) in [4.78, 5) is 16.4. The van der Waals surface area contributed by atoms with Gasteiger partial charge in [-0.1, -0.05) is 56.3 Å². The molecule has 28 heavy (non-hydrogen) atoms. The molecule has 1 aromatic carbocycles. The molecule has 0 aliphatic carbocycles. The van der Waals surface area contributed by atoms with E-state index in [0.717, 1.165) is 5.56 Å². The molecule has 0 radical (unpaired) electrons. The van der Waals surface area contributed by atoms with Crippen molar-refractivity contribution in [1.82, 2.24) is 15.2 Å². The van der Waals surface area contributed by atoms with E-state index in [4.69, 9.17) is 16.0 Å². The van der Waals surface area contributed by atoms with Crippen LogP contribution in [0.15, 0.2) is 52.2 Å². The number of benzene rings is 1. The van der Waals surface area contributed by atoms with Crippen molar-refractivity contribution in [2.75, 3.05) is 5.32 Å². The second-order valence-electron chi connectivity index (χ2n) is 7.31. The van der Waals surface area contributed by atoms with Gasteiger partial charge in [0.05, 0.1) is 10.3 Å². The van der Waals surface area contributed by atoms with E-state index in [1.165, 1.54) is 23.5 Å². The minimum atomic E-state index is -0.436. The number of anilines is 1. The van der Waals surface area contributed by atoms with E-state index >= 15 is 0 Å². The standard InChI is InChI=1S/C20H21ClN4O2S/c1-12(17(26)23-16-10-9-15(21)11-22-16)28-19-25-24-18(27-19)13-5-7-14(8-6-13)20(2,3)4/h5-12H,1-4H3,(H,22,23,26)/t12-/m0/s1. The van der Waals surface area contributed by atoms with Gasteiger partial charge in [0.15, 0.2) is 0 Å². The maximum Gasteiger partial charge on any atom is 0.277 e. The van der Waals surface area contributed by atoms with Crippen molar-refractivity contribution in [1.29, 1.82) is 0 Å². The Balaban J connectivity index is 1.63. The number of nitrogens with zero attached hydrogens (tertiary/aromatic N) is 3. The Hall–Kier alpha value is -2.38. The fourth-order valence-corrected chi connectivity index (χ4v) is 3.16. The van der Waals surface area contributed by atoms with Gasteiger partial charge in [0, 0.05) is 11.8 Å².